The molecule has 0 radical (unpaired) electrons. The summed E-state index contributed by atoms with van der Waals surface area (Å²) in [5.74, 6) is 0.00657. The lowest BCUT2D eigenvalue weighted by molar-refractivity contribution is -0.136. The van der Waals surface area contributed by atoms with Gasteiger partial charge in [-0.05, 0) is 43.9 Å². The van der Waals surface area contributed by atoms with Crippen molar-refractivity contribution in [2.75, 3.05) is 33.2 Å². The van der Waals surface area contributed by atoms with Gasteiger partial charge in [-0.1, -0.05) is 31.5 Å². The van der Waals surface area contributed by atoms with Crippen LogP contribution in [-0.2, 0) is 4.79 Å². The van der Waals surface area contributed by atoms with Crippen molar-refractivity contribution in [3.05, 3.63) is 35.4 Å². The zero-order valence-electron chi connectivity index (χ0n) is 15.9. The van der Waals surface area contributed by atoms with E-state index in [0.717, 1.165) is 18.4 Å². The second kappa shape index (κ2) is 8.00. The number of piperidine rings is 1. The number of nitrogens with zero attached hydrogens (tertiary/aromatic N) is 2. The highest BCUT2D eigenvalue weighted by atomic mass is 16.2. The molecule has 1 aliphatic heterocycles. The highest BCUT2D eigenvalue weighted by Gasteiger charge is 2.32. The maximum Gasteiger partial charge on any atom is 0.253 e. The normalized spacial score (nSPS) is 18.1. The van der Waals surface area contributed by atoms with Gasteiger partial charge in [0, 0.05) is 32.2 Å². The fourth-order valence-corrected chi connectivity index (χ4v) is 3.34. The average Bonchev–Trinajstić information content (AvgIpc) is 2.61. The summed E-state index contributed by atoms with van der Waals surface area (Å²) in [6, 6.07) is 7.61. The van der Waals surface area contributed by atoms with Gasteiger partial charge in [-0.15, -0.1) is 0 Å². The van der Waals surface area contributed by atoms with Gasteiger partial charge in [-0.2, -0.15) is 0 Å². The summed E-state index contributed by atoms with van der Waals surface area (Å²) in [5.41, 5.74) is 7.50. The smallest absolute Gasteiger partial charge is 0.253 e. The molecule has 1 atom stereocenters. The first-order valence-electron chi connectivity index (χ1n) is 9.04. The molecule has 1 aromatic rings. The molecule has 25 heavy (non-hydrogen) atoms. The molecule has 0 aromatic heterocycles. The zero-order valence-corrected chi connectivity index (χ0v) is 15.9. The quantitative estimate of drug-likeness (QED) is 0.890. The molecule has 2 N–H and O–H groups in total. The minimum atomic E-state index is -0.123. The van der Waals surface area contributed by atoms with Gasteiger partial charge >= 0.3 is 0 Å². The number of aryl methyl sites for hydroxylation is 1. The fourth-order valence-electron chi connectivity index (χ4n) is 3.34. The van der Waals surface area contributed by atoms with Crippen LogP contribution in [-0.4, -0.2) is 54.8 Å². The van der Waals surface area contributed by atoms with Crippen molar-refractivity contribution < 1.29 is 9.59 Å². The number of hydrogen-bond acceptors (Lipinski definition) is 3. The SMILES string of the molecule is Cc1ccc(C(=O)N2CCCC(C(=O)N(C)CC(C)(C)CN)C2)cc1. The summed E-state index contributed by atoms with van der Waals surface area (Å²) >= 11 is 0. The third kappa shape index (κ3) is 5.05. The zero-order chi connectivity index (χ0) is 18.6. The van der Waals surface area contributed by atoms with Crippen molar-refractivity contribution in [2.45, 2.75) is 33.6 Å². The highest BCUT2D eigenvalue weighted by Crippen LogP contribution is 2.22. The van der Waals surface area contributed by atoms with Gasteiger partial charge < -0.3 is 15.5 Å². The van der Waals surface area contributed by atoms with Crippen LogP contribution in [0.25, 0.3) is 0 Å². The van der Waals surface area contributed by atoms with Gasteiger partial charge in [-0.3, -0.25) is 9.59 Å². The summed E-state index contributed by atoms with van der Waals surface area (Å²) in [6.07, 6.45) is 1.70. The summed E-state index contributed by atoms with van der Waals surface area (Å²) in [6.45, 7) is 8.50. The van der Waals surface area contributed by atoms with Crippen molar-refractivity contribution in [3.63, 3.8) is 0 Å². The van der Waals surface area contributed by atoms with Crippen LogP contribution in [0.1, 0.15) is 42.6 Å². The molecule has 0 saturated carbocycles. The summed E-state index contributed by atoms with van der Waals surface area (Å²) in [5, 5.41) is 0. The topological polar surface area (TPSA) is 66.6 Å². The Kier molecular flexibility index (Phi) is 6.22. The number of likely N-dealkylation sites (tertiary alicyclic amines) is 1. The summed E-state index contributed by atoms with van der Waals surface area (Å²) in [4.78, 5) is 29.1. The number of amides is 2. The van der Waals surface area contributed by atoms with Gasteiger partial charge in [-0.25, -0.2) is 0 Å². The largest absolute Gasteiger partial charge is 0.345 e. The molecule has 5 heteroatoms. The van der Waals surface area contributed by atoms with Crippen molar-refractivity contribution in [1.29, 1.82) is 0 Å². The molecule has 1 saturated heterocycles. The Morgan fingerprint density at radius 1 is 1.28 bits per heavy atom. The van der Waals surface area contributed by atoms with Crippen LogP contribution in [0.4, 0.5) is 0 Å². The van der Waals surface area contributed by atoms with Crippen LogP contribution in [0.5, 0.6) is 0 Å². The first-order valence-corrected chi connectivity index (χ1v) is 9.04. The molecule has 1 heterocycles. The Hall–Kier alpha value is -1.88. The van der Waals surface area contributed by atoms with E-state index in [9.17, 15) is 9.59 Å². The Morgan fingerprint density at radius 2 is 1.92 bits per heavy atom. The summed E-state index contributed by atoms with van der Waals surface area (Å²) in [7, 11) is 1.83. The predicted molar refractivity (Wildman–Crippen MR) is 100 cm³/mol. The lowest BCUT2D eigenvalue weighted by Gasteiger charge is -2.36. The Morgan fingerprint density at radius 3 is 2.52 bits per heavy atom. The second-order valence-electron chi connectivity index (χ2n) is 8.02. The van der Waals surface area contributed by atoms with E-state index in [0.29, 0.717) is 31.7 Å². The summed E-state index contributed by atoms with van der Waals surface area (Å²) < 4.78 is 0. The number of nitrogens with two attached hydrogens (primary N) is 1. The van der Waals surface area contributed by atoms with Crippen LogP contribution in [0, 0.1) is 18.3 Å². The Balaban J connectivity index is 2.01. The van der Waals surface area contributed by atoms with Crippen molar-refractivity contribution in [2.24, 2.45) is 17.1 Å². The molecule has 0 bridgehead atoms. The van der Waals surface area contributed by atoms with E-state index in [1.807, 2.05) is 43.1 Å². The van der Waals surface area contributed by atoms with E-state index in [4.69, 9.17) is 5.73 Å². The maximum atomic E-state index is 12.8. The first-order chi connectivity index (χ1) is 11.7. The number of hydrogen-bond donors (Lipinski definition) is 1. The number of benzene rings is 1. The van der Waals surface area contributed by atoms with Gasteiger partial charge in [0.2, 0.25) is 5.91 Å². The number of rotatable bonds is 5. The molecule has 2 rings (SSSR count). The third-order valence-corrected chi connectivity index (χ3v) is 4.95. The van der Waals surface area contributed by atoms with E-state index in [-0.39, 0.29) is 23.1 Å². The number of carbonyl (C=O) groups is 2. The molecular weight excluding hydrogens is 314 g/mol. The molecule has 5 nitrogen and oxygen atoms in total. The predicted octanol–water partition coefficient (Wildman–Crippen LogP) is 2.29. The Bertz CT molecular complexity index is 610. The van der Waals surface area contributed by atoms with Crippen molar-refractivity contribution in [1.82, 2.24) is 9.80 Å². The molecular formula is C20H31N3O2. The van der Waals surface area contributed by atoms with Gasteiger partial charge in [0.15, 0.2) is 0 Å². The first kappa shape index (κ1) is 19.4. The maximum absolute atomic E-state index is 12.8. The molecule has 1 aliphatic rings. The molecule has 138 valence electrons. The molecule has 0 aliphatic carbocycles. The Labute approximate surface area is 151 Å². The number of carbonyl (C=O) groups excluding carboxylic acids is 2. The standard InChI is InChI=1S/C20H31N3O2/c1-15-7-9-16(10-8-15)19(25)23-11-5-6-17(12-23)18(24)22(4)14-20(2,3)13-21/h7-10,17H,5-6,11-14,21H2,1-4H3. The van der Waals surface area contributed by atoms with E-state index < -0.39 is 0 Å². The van der Waals surface area contributed by atoms with Gasteiger partial charge in [0.05, 0.1) is 5.92 Å². The van der Waals surface area contributed by atoms with Crippen LogP contribution < -0.4 is 5.73 Å². The van der Waals surface area contributed by atoms with Crippen LogP contribution in [0.2, 0.25) is 0 Å². The van der Waals surface area contributed by atoms with Crippen LogP contribution in [0.3, 0.4) is 0 Å². The fraction of sp³-hybridized carbons (Fsp3) is 0.600. The molecule has 0 spiro atoms. The van der Waals surface area contributed by atoms with E-state index >= 15 is 0 Å². The minimum absolute atomic E-state index is 0.0161. The highest BCUT2D eigenvalue weighted by molar-refractivity contribution is 5.94. The molecule has 1 unspecified atom stereocenters. The minimum Gasteiger partial charge on any atom is -0.345 e. The lowest BCUT2D eigenvalue weighted by Crippen LogP contribution is -2.48. The van der Waals surface area contributed by atoms with Gasteiger partial charge in [0.1, 0.15) is 0 Å². The second-order valence-corrected chi connectivity index (χ2v) is 8.02. The van der Waals surface area contributed by atoms with Gasteiger partial charge in [0.25, 0.3) is 5.91 Å². The van der Waals surface area contributed by atoms with E-state index in [1.54, 1.807) is 4.90 Å². The van der Waals surface area contributed by atoms with Crippen LogP contribution >= 0.6 is 0 Å². The van der Waals surface area contributed by atoms with Crippen molar-refractivity contribution in [3.8, 4) is 0 Å². The van der Waals surface area contributed by atoms with Crippen molar-refractivity contribution >= 4 is 11.8 Å². The molecule has 1 aromatic carbocycles. The van der Waals surface area contributed by atoms with E-state index in [1.165, 1.54) is 0 Å². The lowest BCUT2D eigenvalue weighted by atomic mass is 9.91. The molecule has 1 fully saturated rings. The average molecular weight is 345 g/mol. The third-order valence-electron chi connectivity index (χ3n) is 4.95. The van der Waals surface area contributed by atoms with E-state index in [2.05, 4.69) is 13.8 Å². The monoisotopic (exact) mass is 345 g/mol. The van der Waals surface area contributed by atoms with Crippen LogP contribution in [0.15, 0.2) is 24.3 Å². The molecule has 2 amide bonds.